The zero-order valence-corrected chi connectivity index (χ0v) is 11.2. The lowest BCUT2D eigenvalue weighted by Gasteiger charge is -2.22. The van der Waals surface area contributed by atoms with Crippen LogP contribution in [0.2, 0.25) is 0 Å². The van der Waals surface area contributed by atoms with E-state index < -0.39 is 0 Å². The van der Waals surface area contributed by atoms with Crippen molar-refractivity contribution in [2.45, 2.75) is 45.1 Å². The Kier molecular flexibility index (Phi) is 4.88. The van der Waals surface area contributed by atoms with Gasteiger partial charge in [-0.2, -0.15) is 0 Å². The van der Waals surface area contributed by atoms with E-state index in [-0.39, 0.29) is 0 Å². The summed E-state index contributed by atoms with van der Waals surface area (Å²) in [7, 11) is 0. The first-order valence-corrected chi connectivity index (χ1v) is 6.97. The van der Waals surface area contributed by atoms with Gasteiger partial charge in [0.1, 0.15) is 0 Å². The largest absolute Gasteiger partial charge is 0.397 e. The molecule has 1 aliphatic rings. The quantitative estimate of drug-likeness (QED) is 0.620. The molecule has 18 heavy (non-hydrogen) atoms. The van der Waals surface area contributed by atoms with Crippen LogP contribution in [0, 0.1) is 6.92 Å². The third-order valence-electron chi connectivity index (χ3n) is 3.53. The van der Waals surface area contributed by atoms with Crippen molar-refractivity contribution in [1.82, 2.24) is 0 Å². The number of hydrogen-bond acceptors (Lipinski definition) is 3. The zero-order valence-electron chi connectivity index (χ0n) is 11.2. The SMILES string of the molecule is Cc1ccc(NCCOC2CCCCC2)c(N)c1. The minimum atomic E-state index is 0.482. The molecule has 1 fully saturated rings. The molecule has 0 amide bonds. The maximum atomic E-state index is 5.94. The number of nitrogens with one attached hydrogen (secondary N) is 1. The van der Waals surface area contributed by atoms with Crippen molar-refractivity contribution in [3.05, 3.63) is 23.8 Å². The number of hydrogen-bond donors (Lipinski definition) is 2. The maximum Gasteiger partial charge on any atom is 0.0642 e. The van der Waals surface area contributed by atoms with Crippen molar-refractivity contribution in [3.8, 4) is 0 Å². The lowest BCUT2D eigenvalue weighted by molar-refractivity contribution is 0.0347. The van der Waals surface area contributed by atoms with E-state index >= 15 is 0 Å². The highest BCUT2D eigenvalue weighted by atomic mass is 16.5. The van der Waals surface area contributed by atoms with E-state index in [0.29, 0.717) is 6.10 Å². The third kappa shape index (κ3) is 3.91. The maximum absolute atomic E-state index is 5.94. The molecule has 3 heteroatoms. The Morgan fingerprint density at radius 2 is 2.06 bits per heavy atom. The number of rotatable bonds is 5. The van der Waals surface area contributed by atoms with Gasteiger partial charge in [0.25, 0.3) is 0 Å². The molecule has 1 aromatic rings. The summed E-state index contributed by atoms with van der Waals surface area (Å²) in [4.78, 5) is 0. The van der Waals surface area contributed by atoms with E-state index in [9.17, 15) is 0 Å². The summed E-state index contributed by atoms with van der Waals surface area (Å²) >= 11 is 0. The molecular formula is C15H24N2O. The van der Waals surface area contributed by atoms with Crippen molar-refractivity contribution in [1.29, 1.82) is 0 Å². The molecule has 1 aliphatic carbocycles. The van der Waals surface area contributed by atoms with Crippen LogP contribution in [-0.2, 0) is 4.74 Å². The molecule has 0 saturated heterocycles. The molecule has 1 aromatic carbocycles. The number of nitrogen functional groups attached to an aromatic ring is 1. The van der Waals surface area contributed by atoms with Gasteiger partial charge in [-0.25, -0.2) is 0 Å². The van der Waals surface area contributed by atoms with E-state index in [0.717, 1.165) is 24.5 Å². The predicted octanol–water partition coefficient (Wildman–Crippen LogP) is 3.34. The number of benzene rings is 1. The van der Waals surface area contributed by atoms with Crippen molar-refractivity contribution >= 4 is 11.4 Å². The standard InChI is InChI=1S/C15H24N2O/c1-12-7-8-15(14(16)11-12)17-9-10-18-13-5-3-2-4-6-13/h7-8,11,13,17H,2-6,9-10,16H2,1H3. The Bertz CT molecular complexity index is 373. The molecule has 2 rings (SSSR count). The molecule has 3 N–H and O–H groups in total. The predicted molar refractivity (Wildman–Crippen MR) is 76.9 cm³/mol. The van der Waals surface area contributed by atoms with Gasteiger partial charge in [-0.1, -0.05) is 25.3 Å². The lowest BCUT2D eigenvalue weighted by atomic mass is 9.98. The number of ether oxygens (including phenoxy) is 1. The molecule has 1 saturated carbocycles. The van der Waals surface area contributed by atoms with E-state index in [1.807, 2.05) is 19.1 Å². The molecule has 100 valence electrons. The number of aryl methyl sites for hydroxylation is 1. The van der Waals surface area contributed by atoms with Crippen LogP contribution in [0.4, 0.5) is 11.4 Å². The monoisotopic (exact) mass is 248 g/mol. The van der Waals surface area contributed by atoms with Crippen LogP contribution in [0.5, 0.6) is 0 Å². The van der Waals surface area contributed by atoms with E-state index in [1.165, 1.54) is 37.7 Å². The second kappa shape index (κ2) is 6.64. The average molecular weight is 248 g/mol. The average Bonchev–Trinajstić information content (AvgIpc) is 2.38. The highest BCUT2D eigenvalue weighted by molar-refractivity contribution is 5.66. The smallest absolute Gasteiger partial charge is 0.0642 e. The van der Waals surface area contributed by atoms with Gasteiger partial charge in [-0.05, 0) is 37.5 Å². The van der Waals surface area contributed by atoms with Crippen LogP contribution in [0.15, 0.2) is 18.2 Å². The molecule has 0 bridgehead atoms. The molecule has 0 aromatic heterocycles. The first-order chi connectivity index (χ1) is 8.75. The second-order valence-corrected chi connectivity index (χ2v) is 5.15. The van der Waals surface area contributed by atoms with Gasteiger partial charge in [0.2, 0.25) is 0 Å². The van der Waals surface area contributed by atoms with Gasteiger partial charge < -0.3 is 15.8 Å². The zero-order chi connectivity index (χ0) is 12.8. The van der Waals surface area contributed by atoms with Gasteiger partial charge in [-0.15, -0.1) is 0 Å². The summed E-state index contributed by atoms with van der Waals surface area (Å²) in [5.41, 5.74) is 8.95. The highest BCUT2D eigenvalue weighted by Crippen LogP contribution is 2.21. The topological polar surface area (TPSA) is 47.3 Å². The van der Waals surface area contributed by atoms with Crippen LogP contribution in [0.25, 0.3) is 0 Å². The van der Waals surface area contributed by atoms with Gasteiger partial charge >= 0.3 is 0 Å². The molecule has 0 atom stereocenters. The van der Waals surface area contributed by atoms with Gasteiger partial charge in [-0.3, -0.25) is 0 Å². The Morgan fingerprint density at radius 1 is 1.28 bits per heavy atom. The van der Waals surface area contributed by atoms with E-state index in [1.54, 1.807) is 0 Å². The van der Waals surface area contributed by atoms with Crippen molar-refractivity contribution in [3.63, 3.8) is 0 Å². The highest BCUT2D eigenvalue weighted by Gasteiger charge is 2.12. The lowest BCUT2D eigenvalue weighted by Crippen LogP contribution is -2.20. The Hall–Kier alpha value is -1.22. The van der Waals surface area contributed by atoms with Crippen molar-refractivity contribution < 1.29 is 4.74 Å². The van der Waals surface area contributed by atoms with E-state index in [2.05, 4.69) is 11.4 Å². The molecule has 0 heterocycles. The molecule has 0 spiro atoms. The molecule has 0 aliphatic heterocycles. The van der Waals surface area contributed by atoms with E-state index in [4.69, 9.17) is 10.5 Å². The minimum absolute atomic E-state index is 0.482. The molecular weight excluding hydrogens is 224 g/mol. The summed E-state index contributed by atoms with van der Waals surface area (Å²) < 4.78 is 5.86. The first kappa shape index (κ1) is 13.2. The molecule has 0 radical (unpaired) electrons. The van der Waals surface area contributed by atoms with Crippen LogP contribution in [-0.4, -0.2) is 19.3 Å². The molecule has 3 nitrogen and oxygen atoms in total. The summed E-state index contributed by atoms with van der Waals surface area (Å²) in [6.45, 7) is 3.63. The van der Waals surface area contributed by atoms with Crippen molar-refractivity contribution in [2.75, 3.05) is 24.2 Å². The fraction of sp³-hybridized carbons (Fsp3) is 0.600. The van der Waals surface area contributed by atoms with Crippen LogP contribution >= 0.6 is 0 Å². The normalized spacial score (nSPS) is 16.7. The summed E-state index contributed by atoms with van der Waals surface area (Å²) in [5, 5.41) is 3.33. The minimum Gasteiger partial charge on any atom is -0.397 e. The van der Waals surface area contributed by atoms with Crippen LogP contribution in [0.3, 0.4) is 0 Å². The van der Waals surface area contributed by atoms with Gasteiger partial charge in [0, 0.05) is 6.54 Å². The summed E-state index contributed by atoms with van der Waals surface area (Å²) in [5.74, 6) is 0. The van der Waals surface area contributed by atoms with Crippen LogP contribution < -0.4 is 11.1 Å². The number of nitrogens with two attached hydrogens (primary N) is 1. The van der Waals surface area contributed by atoms with Gasteiger partial charge in [0.05, 0.1) is 24.1 Å². The summed E-state index contributed by atoms with van der Waals surface area (Å²) in [6, 6.07) is 6.09. The number of anilines is 2. The van der Waals surface area contributed by atoms with Gasteiger partial charge in [0.15, 0.2) is 0 Å². The second-order valence-electron chi connectivity index (χ2n) is 5.15. The molecule has 0 unspecified atom stereocenters. The summed E-state index contributed by atoms with van der Waals surface area (Å²) in [6.07, 6.45) is 6.96. The van der Waals surface area contributed by atoms with Crippen molar-refractivity contribution in [2.24, 2.45) is 0 Å². The Labute approximate surface area is 110 Å². The fourth-order valence-electron chi connectivity index (χ4n) is 2.49. The fourth-order valence-corrected chi connectivity index (χ4v) is 2.49. The Morgan fingerprint density at radius 3 is 2.78 bits per heavy atom. The van der Waals surface area contributed by atoms with Crippen LogP contribution in [0.1, 0.15) is 37.7 Å². The third-order valence-corrected chi connectivity index (χ3v) is 3.53. The Balaban J connectivity index is 1.68. The first-order valence-electron chi connectivity index (χ1n) is 6.97.